The van der Waals surface area contributed by atoms with Crippen molar-refractivity contribution in [2.24, 2.45) is 0 Å². The summed E-state index contributed by atoms with van der Waals surface area (Å²) in [6, 6.07) is 15.4. The van der Waals surface area contributed by atoms with E-state index in [0.717, 1.165) is 9.13 Å². The first-order valence-electron chi connectivity index (χ1n) is 9.73. The van der Waals surface area contributed by atoms with Gasteiger partial charge in [0.2, 0.25) is 5.91 Å². The summed E-state index contributed by atoms with van der Waals surface area (Å²) in [7, 11) is 1.52. The number of carbonyl (C=O) groups excluding carboxylic acids is 1. The summed E-state index contributed by atoms with van der Waals surface area (Å²) in [6.45, 7) is -0.423. The number of aromatic nitrogens is 3. The Labute approximate surface area is 181 Å². The van der Waals surface area contributed by atoms with E-state index in [-0.39, 0.29) is 24.1 Å². The van der Waals surface area contributed by atoms with E-state index in [1.807, 2.05) is 0 Å². The summed E-state index contributed by atoms with van der Waals surface area (Å²) < 4.78 is 20.5. The van der Waals surface area contributed by atoms with Crippen molar-refractivity contribution >= 4 is 22.6 Å². The molecular formula is C23H19FN4O4. The molecule has 4 rings (SSSR count). The number of nitrogens with zero attached hydrogens (tertiary/aromatic N) is 3. The van der Waals surface area contributed by atoms with E-state index >= 15 is 0 Å². The van der Waals surface area contributed by atoms with E-state index in [4.69, 9.17) is 4.74 Å². The SMILES string of the molecule is COc1cccc(NC(=O)Cn2c(=O)n(Cc3ccc(F)cc3)c(=O)c3cccnc32)c1. The van der Waals surface area contributed by atoms with Crippen molar-refractivity contribution in [3.05, 3.63) is 99.1 Å². The van der Waals surface area contributed by atoms with Gasteiger partial charge >= 0.3 is 5.69 Å². The number of ether oxygens (including phenoxy) is 1. The van der Waals surface area contributed by atoms with Gasteiger partial charge in [-0.3, -0.25) is 18.7 Å². The van der Waals surface area contributed by atoms with Gasteiger partial charge in [0.15, 0.2) is 0 Å². The van der Waals surface area contributed by atoms with Gasteiger partial charge in [-0.1, -0.05) is 18.2 Å². The molecule has 9 heteroatoms. The molecule has 2 aromatic carbocycles. The summed E-state index contributed by atoms with van der Waals surface area (Å²) in [4.78, 5) is 43.0. The highest BCUT2D eigenvalue weighted by Gasteiger charge is 2.17. The predicted molar refractivity (Wildman–Crippen MR) is 117 cm³/mol. The number of pyridine rings is 1. The lowest BCUT2D eigenvalue weighted by atomic mass is 10.2. The lowest BCUT2D eigenvalue weighted by molar-refractivity contribution is -0.116. The number of rotatable bonds is 6. The smallest absolute Gasteiger partial charge is 0.333 e. The quantitative estimate of drug-likeness (QED) is 0.503. The third-order valence-corrected chi connectivity index (χ3v) is 4.89. The molecule has 1 amide bonds. The van der Waals surface area contributed by atoms with Crippen molar-refractivity contribution in [2.75, 3.05) is 12.4 Å². The van der Waals surface area contributed by atoms with E-state index < -0.39 is 23.0 Å². The van der Waals surface area contributed by atoms with Crippen LogP contribution in [0.15, 0.2) is 76.4 Å². The Hall–Kier alpha value is -4.27. The molecule has 8 nitrogen and oxygen atoms in total. The maximum absolute atomic E-state index is 13.2. The molecule has 0 spiro atoms. The van der Waals surface area contributed by atoms with Gasteiger partial charge in [-0.15, -0.1) is 0 Å². The second kappa shape index (κ2) is 8.84. The van der Waals surface area contributed by atoms with Crippen LogP contribution in [0.5, 0.6) is 5.75 Å². The number of hydrogen-bond donors (Lipinski definition) is 1. The zero-order valence-electron chi connectivity index (χ0n) is 17.1. The summed E-state index contributed by atoms with van der Waals surface area (Å²) in [5, 5.41) is 2.91. The van der Waals surface area contributed by atoms with E-state index in [2.05, 4.69) is 10.3 Å². The highest BCUT2D eigenvalue weighted by atomic mass is 19.1. The minimum atomic E-state index is -0.689. The average Bonchev–Trinajstić information content (AvgIpc) is 2.81. The van der Waals surface area contributed by atoms with Crippen LogP contribution in [0.4, 0.5) is 10.1 Å². The lowest BCUT2D eigenvalue weighted by Crippen LogP contribution is -2.42. The van der Waals surface area contributed by atoms with Gasteiger partial charge < -0.3 is 10.1 Å². The van der Waals surface area contributed by atoms with Crippen molar-refractivity contribution in [1.82, 2.24) is 14.1 Å². The molecule has 162 valence electrons. The zero-order chi connectivity index (χ0) is 22.7. The Kier molecular flexibility index (Phi) is 5.80. The molecule has 0 fully saturated rings. The maximum atomic E-state index is 13.2. The topological polar surface area (TPSA) is 95.2 Å². The normalized spacial score (nSPS) is 10.8. The van der Waals surface area contributed by atoms with Crippen molar-refractivity contribution in [3.8, 4) is 5.75 Å². The minimum absolute atomic E-state index is 0.0692. The third kappa shape index (κ3) is 4.27. The molecule has 0 saturated carbocycles. The average molecular weight is 434 g/mol. The van der Waals surface area contributed by atoms with Crippen LogP contribution in [0.3, 0.4) is 0 Å². The molecule has 2 aromatic heterocycles. The molecule has 0 atom stereocenters. The number of anilines is 1. The minimum Gasteiger partial charge on any atom is -0.497 e. The number of methoxy groups -OCH3 is 1. The molecule has 0 aliphatic carbocycles. The van der Waals surface area contributed by atoms with E-state index in [1.54, 1.807) is 36.4 Å². The molecule has 2 heterocycles. The van der Waals surface area contributed by atoms with Gasteiger partial charge in [0.25, 0.3) is 5.56 Å². The van der Waals surface area contributed by atoms with Gasteiger partial charge in [-0.25, -0.2) is 14.2 Å². The van der Waals surface area contributed by atoms with Crippen LogP contribution in [-0.2, 0) is 17.9 Å². The Morgan fingerprint density at radius 1 is 1.06 bits per heavy atom. The van der Waals surface area contributed by atoms with Crippen molar-refractivity contribution < 1.29 is 13.9 Å². The Morgan fingerprint density at radius 2 is 1.84 bits per heavy atom. The predicted octanol–water partition coefficient (Wildman–Crippen LogP) is 2.39. The fourth-order valence-corrected chi connectivity index (χ4v) is 3.35. The maximum Gasteiger partial charge on any atom is 0.333 e. The van der Waals surface area contributed by atoms with Crippen LogP contribution in [0.1, 0.15) is 5.56 Å². The summed E-state index contributed by atoms with van der Waals surface area (Å²) in [6.07, 6.45) is 1.45. The number of carbonyl (C=O) groups is 1. The monoisotopic (exact) mass is 434 g/mol. The second-order valence-corrected chi connectivity index (χ2v) is 7.04. The Bertz CT molecular complexity index is 1410. The Morgan fingerprint density at radius 3 is 2.59 bits per heavy atom. The largest absolute Gasteiger partial charge is 0.497 e. The molecule has 0 unspecified atom stereocenters. The first-order valence-corrected chi connectivity index (χ1v) is 9.73. The fraction of sp³-hybridized carbons (Fsp3) is 0.130. The molecule has 1 N–H and O–H groups in total. The summed E-state index contributed by atoms with van der Waals surface area (Å²) >= 11 is 0. The highest BCUT2D eigenvalue weighted by Crippen LogP contribution is 2.16. The number of halogens is 1. The van der Waals surface area contributed by atoms with Crippen molar-refractivity contribution in [2.45, 2.75) is 13.1 Å². The number of nitrogens with one attached hydrogen (secondary N) is 1. The molecule has 0 aliphatic heterocycles. The highest BCUT2D eigenvalue weighted by molar-refractivity contribution is 5.91. The van der Waals surface area contributed by atoms with Crippen LogP contribution in [0.25, 0.3) is 11.0 Å². The zero-order valence-corrected chi connectivity index (χ0v) is 17.1. The first kappa shape index (κ1) is 21.0. The number of hydrogen-bond acceptors (Lipinski definition) is 5. The van der Waals surface area contributed by atoms with Gasteiger partial charge in [0.1, 0.15) is 23.8 Å². The lowest BCUT2D eigenvalue weighted by Gasteiger charge is -2.14. The molecule has 4 aromatic rings. The van der Waals surface area contributed by atoms with E-state index in [9.17, 15) is 18.8 Å². The molecule has 0 bridgehead atoms. The van der Waals surface area contributed by atoms with Crippen LogP contribution < -0.4 is 21.3 Å². The van der Waals surface area contributed by atoms with Crippen LogP contribution in [-0.4, -0.2) is 27.1 Å². The van der Waals surface area contributed by atoms with Crippen molar-refractivity contribution in [3.63, 3.8) is 0 Å². The fourth-order valence-electron chi connectivity index (χ4n) is 3.35. The van der Waals surface area contributed by atoms with Crippen LogP contribution in [0.2, 0.25) is 0 Å². The van der Waals surface area contributed by atoms with Gasteiger partial charge in [0.05, 0.1) is 19.0 Å². The van der Waals surface area contributed by atoms with Gasteiger partial charge in [0, 0.05) is 18.0 Å². The van der Waals surface area contributed by atoms with Crippen LogP contribution >= 0.6 is 0 Å². The first-order chi connectivity index (χ1) is 15.5. The van der Waals surface area contributed by atoms with E-state index in [0.29, 0.717) is 17.0 Å². The molecule has 0 saturated heterocycles. The molecular weight excluding hydrogens is 415 g/mol. The van der Waals surface area contributed by atoms with Gasteiger partial charge in [-0.2, -0.15) is 0 Å². The van der Waals surface area contributed by atoms with Gasteiger partial charge in [-0.05, 0) is 42.0 Å². The standard InChI is InChI=1S/C23H19FN4O4/c1-32-18-5-2-4-17(12-18)26-20(29)14-27-21-19(6-3-11-25-21)22(30)28(23(27)31)13-15-7-9-16(24)10-8-15/h2-12H,13-14H2,1H3,(H,26,29). The van der Waals surface area contributed by atoms with Crippen LogP contribution in [0, 0.1) is 5.82 Å². The second-order valence-electron chi connectivity index (χ2n) is 7.04. The number of amides is 1. The number of fused-ring (bicyclic) bond motifs is 1. The molecule has 0 aliphatic rings. The molecule has 32 heavy (non-hydrogen) atoms. The van der Waals surface area contributed by atoms with Crippen molar-refractivity contribution in [1.29, 1.82) is 0 Å². The Balaban J connectivity index is 1.73. The summed E-state index contributed by atoms with van der Waals surface area (Å²) in [5.41, 5.74) is -0.0441. The number of benzene rings is 2. The van der Waals surface area contributed by atoms with E-state index in [1.165, 1.54) is 37.6 Å². The summed E-state index contributed by atoms with van der Waals surface area (Å²) in [5.74, 6) is -0.324. The molecule has 0 radical (unpaired) electrons. The third-order valence-electron chi connectivity index (χ3n) is 4.89.